The lowest BCUT2D eigenvalue weighted by molar-refractivity contribution is -0.385. The molecule has 0 bridgehead atoms. The molecule has 0 saturated carbocycles. The van der Waals surface area contributed by atoms with Gasteiger partial charge in [-0.25, -0.2) is 8.42 Å². The van der Waals surface area contributed by atoms with Crippen molar-refractivity contribution in [3.05, 3.63) is 68.8 Å². The summed E-state index contributed by atoms with van der Waals surface area (Å²) in [5.41, 5.74) is 3.24. The van der Waals surface area contributed by atoms with Crippen LogP contribution in [0.1, 0.15) is 22.3 Å². The van der Waals surface area contributed by atoms with E-state index in [1.807, 2.05) is 32.0 Å². The van der Waals surface area contributed by atoms with Crippen LogP contribution in [0.5, 0.6) is 0 Å². The van der Waals surface area contributed by atoms with Crippen LogP contribution in [-0.4, -0.2) is 24.7 Å². The number of benzene rings is 2. The summed E-state index contributed by atoms with van der Waals surface area (Å²) in [6, 6.07) is 9.79. The molecule has 7 heteroatoms. The summed E-state index contributed by atoms with van der Waals surface area (Å²) in [4.78, 5) is 10.4. The fourth-order valence-corrected chi connectivity index (χ4v) is 3.64. The van der Waals surface area contributed by atoms with Gasteiger partial charge in [-0.3, -0.25) is 10.1 Å². The number of nitrogens with zero attached hydrogens (tertiary/aromatic N) is 2. The minimum absolute atomic E-state index is 0.0768. The van der Waals surface area contributed by atoms with Crippen molar-refractivity contribution in [1.82, 2.24) is 4.31 Å². The molecule has 0 amide bonds. The van der Waals surface area contributed by atoms with Gasteiger partial charge >= 0.3 is 0 Å². The van der Waals surface area contributed by atoms with Gasteiger partial charge in [-0.05, 0) is 38.0 Å². The van der Waals surface area contributed by atoms with Crippen molar-refractivity contribution in [2.24, 2.45) is 0 Å². The van der Waals surface area contributed by atoms with Crippen molar-refractivity contribution in [3.63, 3.8) is 0 Å². The molecule has 0 unspecified atom stereocenters. The van der Waals surface area contributed by atoms with Crippen LogP contribution < -0.4 is 0 Å². The second-order valence-electron chi connectivity index (χ2n) is 5.90. The molecular formula is C17H20N2O4S. The Morgan fingerprint density at radius 3 is 2.29 bits per heavy atom. The molecule has 128 valence electrons. The molecule has 6 nitrogen and oxygen atoms in total. The third-order valence-electron chi connectivity index (χ3n) is 3.98. The largest absolute Gasteiger partial charge is 0.273 e. The predicted octanol–water partition coefficient (Wildman–Crippen LogP) is 3.34. The first-order valence-corrected chi connectivity index (χ1v) is 8.84. The van der Waals surface area contributed by atoms with E-state index in [9.17, 15) is 18.5 Å². The quantitative estimate of drug-likeness (QED) is 0.613. The highest BCUT2D eigenvalue weighted by molar-refractivity contribution is 7.89. The van der Waals surface area contributed by atoms with Gasteiger partial charge in [0.15, 0.2) is 0 Å². The summed E-state index contributed by atoms with van der Waals surface area (Å²) in [5.74, 6) is 0. The molecule has 0 aromatic heterocycles. The van der Waals surface area contributed by atoms with Gasteiger partial charge in [0.25, 0.3) is 5.69 Å². The van der Waals surface area contributed by atoms with E-state index in [1.54, 1.807) is 6.92 Å². The number of hydrogen-bond acceptors (Lipinski definition) is 4. The van der Waals surface area contributed by atoms with E-state index in [4.69, 9.17) is 0 Å². The Bertz CT molecular complexity index is 891. The molecule has 2 rings (SSSR count). The SMILES string of the molecule is Cc1ccc(CN(C)S(=O)(=O)c2ccc(C)c([N+](=O)[O-])c2)c(C)c1. The van der Waals surface area contributed by atoms with E-state index >= 15 is 0 Å². The van der Waals surface area contributed by atoms with Crippen molar-refractivity contribution >= 4 is 15.7 Å². The molecule has 0 atom stereocenters. The Hall–Kier alpha value is -2.25. The van der Waals surface area contributed by atoms with Crippen LogP contribution in [0.25, 0.3) is 0 Å². The molecule has 24 heavy (non-hydrogen) atoms. The fraction of sp³-hybridized carbons (Fsp3) is 0.294. The maximum Gasteiger partial charge on any atom is 0.273 e. The van der Waals surface area contributed by atoms with Crippen LogP contribution >= 0.6 is 0 Å². The van der Waals surface area contributed by atoms with Crippen molar-refractivity contribution in [2.45, 2.75) is 32.2 Å². The molecule has 2 aromatic carbocycles. The van der Waals surface area contributed by atoms with Gasteiger partial charge in [0.2, 0.25) is 10.0 Å². The molecule has 0 spiro atoms. The Balaban J connectivity index is 2.36. The van der Waals surface area contributed by atoms with Crippen molar-refractivity contribution < 1.29 is 13.3 Å². The lowest BCUT2D eigenvalue weighted by atomic mass is 10.1. The number of hydrogen-bond donors (Lipinski definition) is 0. The molecule has 2 aromatic rings. The Kier molecular flexibility index (Phi) is 5.05. The van der Waals surface area contributed by atoms with Crippen LogP contribution in [0.3, 0.4) is 0 Å². The Morgan fingerprint density at radius 2 is 1.71 bits per heavy atom. The molecule has 0 N–H and O–H groups in total. The summed E-state index contributed by atoms with van der Waals surface area (Å²) in [5, 5.41) is 11.0. The van der Waals surface area contributed by atoms with E-state index in [1.165, 1.54) is 23.5 Å². The second-order valence-corrected chi connectivity index (χ2v) is 7.94. The molecular weight excluding hydrogens is 328 g/mol. The van der Waals surface area contributed by atoms with E-state index in [0.29, 0.717) is 5.56 Å². The van der Waals surface area contributed by atoms with Crippen LogP contribution in [0.4, 0.5) is 5.69 Å². The van der Waals surface area contributed by atoms with Crippen molar-refractivity contribution in [2.75, 3.05) is 7.05 Å². The fourth-order valence-electron chi connectivity index (χ4n) is 2.47. The zero-order valence-corrected chi connectivity index (χ0v) is 14.9. The van der Waals surface area contributed by atoms with Gasteiger partial charge in [-0.1, -0.05) is 29.8 Å². The molecule has 0 saturated heterocycles. The first-order valence-electron chi connectivity index (χ1n) is 7.40. The Morgan fingerprint density at radius 1 is 1.04 bits per heavy atom. The second kappa shape index (κ2) is 6.70. The van der Waals surface area contributed by atoms with Crippen LogP contribution in [0, 0.1) is 30.9 Å². The topological polar surface area (TPSA) is 80.5 Å². The van der Waals surface area contributed by atoms with Crippen molar-refractivity contribution in [3.8, 4) is 0 Å². The summed E-state index contributed by atoms with van der Waals surface area (Å²) in [6.45, 7) is 5.69. The van der Waals surface area contributed by atoms with Gasteiger partial charge < -0.3 is 0 Å². The Labute approximate surface area is 141 Å². The van der Waals surface area contributed by atoms with E-state index in [2.05, 4.69) is 0 Å². The van der Waals surface area contributed by atoms with Gasteiger partial charge in [-0.2, -0.15) is 4.31 Å². The maximum absolute atomic E-state index is 12.7. The number of rotatable bonds is 5. The van der Waals surface area contributed by atoms with E-state index in [0.717, 1.165) is 22.8 Å². The summed E-state index contributed by atoms with van der Waals surface area (Å²) in [7, 11) is -2.34. The number of nitro groups is 1. The van der Waals surface area contributed by atoms with Gasteiger partial charge in [-0.15, -0.1) is 0 Å². The highest BCUT2D eigenvalue weighted by Crippen LogP contribution is 2.25. The maximum atomic E-state index is 12.7. The van der Waals surface area contributed by atoms with E-state index in [-0.39, 0.29) is 17.1 Å². The summed E-state index contributed by atoms with van der Waals surface area (Å²) < 4.78 is 26.6. The molecule has 0 radical (unpaired) electrons. The number of aryl methyl sites for hydroxylation is 3. The minimum Gasteiger partial charge on any atom is -0.258 e. The van der Waals surface area contributed by atoms with Gasteiger partial charge in [0.1, 0.15) is 0 Å². The van der Waals surface area contributed by atoms with Gasteiger partial charge in [0, 0.05) is 25.2 Å². The molecule has 0 aliphatic heterocycles. The predicted molar refractivity (Wildman–Crippen MR) is 92.4 cm³/mol. The normalized spacial score (nSPS) is 11.7. The average molecular weight is 348 g/mol. The van der Waals surface area contributed by atoms with Crippen LogP contribution in [-0.2, 0) is 16.6 Å². The lowest BCUT2D eigenvalue weighted by Crippen LogP contribution is -2.27. The van der Waals surface area contributed by atoms with Crippen molar-refractivity contribution in [1.29, 1.82) is 0 Å². The first kappa shape index (κ1) is 18.1. The zero-order chi connectivity index (χ0) is 18.1. The molecule has 0 aliphatic carbocycles. The standard InChI is InChI=1S/C17H20N2O4S/c1-12-5-7-15(14(3)9-12)11-18(4)24(22,23)16-8-6-13(2)17(10-16)19(20)21/h5-10H,11H2,1-4H3. The van der Waals surface area contributed by atoms with Gasteiger partial charge in [0.05, 0.1) is 9.82 Å². The smallest absolute Gasteiger partial charge is 0.258 e. The monoisotopic (exact) mass is 348 g/mol. The van der Waals surface area contributed by atoms with Crippen LogP contribution in [0.2, 0.25) is 0 Å². The molecule has 0 fully saturated rings. The lowest BCUT2D eigenvalue weighted by Gasteiger charge is -2.19. The summed E-state index contributed by atoms with van der Waals surface area (Å²) >= 11 is 0. The highest BCUT2D eigenvalue weighted by Gasteiger charge is 2.24. The average Bonchev–Trinajstić information content (AvgIpc) is 2.49. The van der Waals surface area contributed by atoms with Crippen LogP contribution in [0.15, 0.2) is 41.3 Å². The summed E-state index contributed by atoms with van der Waals surface area (Å²) in [6.07, 6.45) is 0. The molecule has 0 aliphatic rings. The van der Waals surface area contributed by atoms with E-state index < -0.39 is 14.9 Å². The molecule has 0 heterocycles. The number of sulfonamides is 1. The highest BCUT2D eigenvalue weighted by atomic mass is 32.2. The number of nitro benzene ring substituents is 1. The minimum atomic E-state index is -3.81. The zero-order valence-electron chi connectivity index (χ0n) is 14.1. The third kappa shape index (κ3) is 3.63. The third-order valence-corrected chi connectivity index (χ3v) is 5.78. The first-order chi connectivity index (χ1) is 11.1.